The van der Waals surface area contributed by atoms with Crippen molar-refractivity contribution in [1.82, 2.24) is 15.2 Å². The number of carbonyl (C=O) groups excluding carboxylic acids is 1. The van der Waals surface area contributed by atoms with Crippen molar-refractivity contribution in [2.24, 2.45) is 0 Å². The highest BCUT2D eigenvalue weighted by atomic mass is 32.1. The summed E-state index contributed by atoms with van der Waals surface area (Å²) in [6, 6.07) is 9.79. The number of thiazole rings is 1. The van der Waals surface area contributed by atoms with Gasteiger partial charge in [0.2, 0.25) is 5.13 Å². The van der Waals surface area contributed by atoms with Gasteiger partial charge < -0.3 is 0 Å². The van der Waals surface area contributed by atoms with Gasteiger partial charge in [0, 0.05) is 10.9 Å². The molecule has 106 valence electrons. The summed E-state index contributed by atoms with van der Waals surface area (Å²) in [4.78, 5) is 16.5. The molecule has 21 heavy (non-hydrogen) atoms. The van der Waals surface area contributed by atoms with E-state index in [1.54, 1.807) is 5.38 Å². The lowest BCUT2D eigenvalue weighted by molar-refractivity contribution is 0.102. The van der Waals surface area contributed by atoms with Gasteiger partial charge in [-0.1, -0.05) is 48.6 Å². The van der Waals surface area contributed by atoms with Gasteiger partial charge in [-0.15, -0.1) is 21.5 Å². The standard InChI is InChI=1S/C14H12N4OS2/c1-2-11-17-18-14(21-11)16-12(19)10-8-20-13(15-10)9-6-4-3-5-7-9/h3-8H,2H2,1H3,(H,16,18,19). The number of carbonyl (C=O) groups is 1. The first-order chi connectivity index (χ1) is 10.3. The molecule has 2 heterocycles. The molecule has 0 saturated carbocycles. The predicted molar refractivity (Wildman–Crippen MR) is 84.8 cm³/mol. The SMILES string of the molecule is CCc1nnc(NC(=O)c2csc(-c3ccccc3)n2)s1. The number of aryl methyl sites for hydroxylation is 1. The van der Waals surface area contributed by atoms with Crippen LogP contribution in [-0.4, -0.2) is 21.1 Å². The quantitative estimate of drug-likeness (QED) is 0.800. The summed E-state index contributed by atoms with van der Waals surface area (Å²) in [5.41, 5.74) is 1.40. The number of rotatable bonds is 4. The maximum atomic E-state index is 12.1. The number of aromatic nitrogens is 3. The largest absolute Gasteiger partial charge is 0.295 e. The van der Waals surface area contributed by atoms with Crippen LogP contribution in [-0.2, 0) is 6.42 Å². The molecule has 1 amide bonds. The fraction of sp³-hybridized carbons (Fsp3) is 0.143. The van der Waals surface area contributed by atoms with E-state index in [9.17, 15) is 4.79 Å². The van der Waals surface area contributed by atoms with Crippen LogP contribution in [0.5, 0.6) is 0 Å². The summed E-state index contributed by atoms with van der Waals surface area (Å²) in [6.45, 7) is 2.00. The third-order valence-corrected chi connectivity index (χ3v) is 4.62. The Morgan fingerprint density at radius 3 is 2.76 bits per heavy atom. The Balaban J connectivity index is 1.75. The topological polar surface area (TPSA) is 67.8 Å². The van der Waals surface area contributed by atoms with Gasteiger partial charge in [-0.05, 0) is 6.42 Å². The van der Waals surface area contributed by atoms with E-state index in [2.05, 4.69) is 20.5 Å². The highest BCUT2D eigenvalue weighted by Gasteiger charge is 2.14. The summed E-state index contributed by atoms with van der Waals surface area (Å²) in [5, 5.41) is 14.6. The Labute approximate surface area is 129 Å². The van der Waals surface area contributed by atoms with E-state index in [0.717, 1.165) is 22.0 Å². The van der Waals surface area contributed by atoms with E-state index in [0.29, 0.717) is 10.8 Å². The molecule has 0 radical (unpaired) electrons. The monoisotopic (exact) mass is 316 g/mol. The van der Waals surface area contributed by atoms with Gasteiger partial charge in [-0.2, -0.15) is 0 Å². The fourth-order valence-electron chi connectivity index (χ4n) is 1.70. The van der Waals surface area contributed by atoms with Gasteiger partial charge in [-0.25, -0.2) is 4.98 Å². The Kier molecular flexibility index (Phi) is 4.03. The smallest absolute Gasteiger partial charge is 0.276 e. The number of hydrogen-bond acceptors (Lipinski definition) is 6. The van der Waals surface area contributed by atoms with Crippen LogP contribution in [0.25, 0.3) is 10.6 Å². The van der Waals surface area contributed by atoms with Crippen LogP contribution in [0.4, 0.5) is 5.13 Å². The minimum Gasteiger partial charge on any atom is -0.295 e. The second kappa shape index (κ2) is 6.11. The molecule has 3 aromatic rings. The van der Waals surface area contributed by atoms with Crippen LogP contribution in [0.3, 0.4) is 0 Å². The number of amides is 1. The molecule has 5 nitrogen and oxygen atoms in total. The van der Waals surface area contributed by atoms with Crippen molar-refractivity contribution in [3.05, 3.63) is 46.4 Å². The number of anilines is 1. The van der Waals surface area contributed by atoms with Crippen LogP contribution < -0.4 is 5.32 Å². The predicted octanol–water partition coefficient (Wildman–Crippen LogP) is 3.48. The minimum absolute atomic E-state index is 0.257. The van der Waals surface area contributed by atoms with Gasteiger partial charge in [-0.3, -0.25) is 10.1 Å². The Hall–Kier alpha value is -2.12. The van der Waals surface area contributed by atoms with Gasteiger partial charge in [0.25, 0.3) is 5.91 Å². The first-order valence-electron chi connectivity index (χ1n) is 6.41. The highest BCUT2D eigenvalue weighted by Crippen LogP contribution is 2.24. The van der Waals surface area contributed by atoms with Crippen molar-refractivity contribution in [3.8, 4) is 10.6 Å². The summed E-state index contributed by atoms with van der Waals surface area (Å²) in [5.74, 6) is -0.257. The van der Waals surface area contributed by atoms with E-state index in [4.69, 9.17) is 0 Å². The summed E-state index contributed by atoms with van der Waals surface area (Å²) in [7, 11) is 0. The summed E-state index contributed by atoms with van der Waals surface area (Å²) < 4.78 is 0. The maximum Gasteiger partial charge on any atom is 0.276 e. The van der Waals surface area contributed by atoms with Gasteiger partial charge in [0.1, 0.15) is 15.7 Å². The van der Waals surface area contributed by atoms with E-state index >= 15 is 0 Å². The second-order valence-electron chi connectivity index (χ2n) is 4.21. The lowest BCUT2D eigenvalue weighted by atomic mass is 10.2. The number of benzene rings is 1. The number of nitrogens with zero attached hydrogens (tertiary/aromatic N) is 3. The summed E-state index contributed by atoms with van der Waals surface area (Å²) in [6.07, 6.45) is 0.808. The van der Waals surface area contributed by atoms with Crippen molar-refractivity contribution in [1.29, 1.82) is 0 Å². The minimum atomic E-state index is -0.257. The molecule has 0 aliphatic heterocycles. The van der Waals surface area contributed by atoms with Crippen LogP contribution in [0.2, 0.25) is 0 Å². The molecule has 0 fully saturated rings. The lowest BCUT2D eigenvalue weighted by Crippen LogP contribution is -2.12. The van der Waals surface area contributed by atoms with Crippen molar-refractivity contribution >= 4 is 33.7 Å². The Morgan fingerprint density at radius 2 is 2.05 bits per heavy atom. The zero-order valence-corrected chi connectivity index (χ0v) is 12.9. The normalized spacial score (nSPS) is 10.5. The fourth-order valence-corrected chi connectivity index (χ4v) is 3.18. The molecule has 0 atom stereocenters. The molecular formula is C14H12N4OS2. The third-order valence-electron chi connectivity index (χ3n) is 2.75. The van der Waals surface area contributed by atoms with Crippen LogP contribution in [0.1, 0.15) is 22.4 Å². The van der Waals surface area contributed by atoms with Crippen LogP contribution in [0.15, 0.2) is 35.7 Å². The Morgan fingerprint density at radius 1 is 1.24 bits per heavy atom. The van der Waals surface area contributed by atoms with E-state index < -0.39 is 0 Å². The van der Waals surface area contributed by atoms with Crippen molar-refractivity contribution in [3.63, 3.8) is 0 Å². The van der Waals surface area contributed by atoms with E-state index in [-0.39, 0.29) is 5.91 Å². The molecule has 0 aliphatic rings. The van der Waals surface area contributed by atoms with Gasteiger partial charge in [0.05, 0.1) is 0 Å². The zero-order chi connectivity index (χ0) is 14.7. The van der Waals surface area contributed by atoms with E-state index in [1.807, 2.05) is 37.3 Å². The average molecular weight is 316 g/mol. The Bertz CT molecular complexity index is 751. The van der Waals surface area contributed by atoms with Crippen molar-refractivity contribution in [2.45, 2.75) is 13.3 Å². The molecule has 2 aromatic heterocycles. The molecule has 0 bridgehead atoms. The van der Waals surface area contributed by atoms with Crippen molar-refractivity contribution in [2.75, 3.05) is 5.32 Å². The second-order valence-corrected chi connectivity index (χ2v) is 6.13. The molecular weight excluding hydrogens is 304 g/mol. The third kappa shape index (κ3) is 3.14. The molecule has 3 rings (SSSR count). The molecule has 0 aliphatic carbocycles. The first-order valence-corrected chi connectivity index (χ1v) is 8.10. The highest BCUT2D eigenvalue weighted by molar-refractivity contribution is 7.15. The first kappa shape index (κ1) is 13.8. The summed E-state index contributed by atoms with van der Waals surface area (Å²) >= 11 is 2.83. The van der Waals surface area contributed by atoms with Gasteiger partial charge in [0.15, 0.2) is 0 Å². The van der Waals surface area contributed by atoms with Crippen molar-refractivity contribution < 1.29 is 4.79 Å². The molecule has 7 heteroatoms. The molecule has 0 saturated heterocycles. The average Bonchev–Trinajstić information content (AvgIpc) is 3.17. The molecule has 1 aromatic carbocycles. The molecule has 0 unspecified atom stereocenters. The lowest BCUT2D eigenvalue weighted by Gasteiger charge is -1.97. The number of hydrogen-bond donors (Lipinski definition) is 1. The van der Waals surface area contributed by atoms with Crippen LogP contribution >= 0.6 is 22.7 Å². The zero-order valence-electron chi connectivity index (χ0n) is 11.2. The van der Waals surface area contributed by atoms with E-state index in [1.165, 1.54) is 22.7 Å². The maximum absolute atomic E-state index is 12.1. The van der Waals surface area contributed by atoms with Gasteiger partial charge >= 0.3 is 0 Å². The number of nitrogens with one attached hydrogen (secondary N) is 1. The molecule has 0 spiro atoms. The van der Waals surface area contributed by atoms with Crippen LogP contribution in [0, 0.1) is 0 Å². The molecule has 1 N–H and O–H groups in total.